The van der Waals surface area contributed by atoms with Crippen molar-refractivity contribution < 1.29 is 17.6 Å². The molecule has 0 aliphatic heterocycles. The van der Waals surface area contributed by atoms with Gasteiger partial charge in [0, 0.05) is 6.42 Å². The van der Waals surface area contributed by atoms with Crippen molar-refractivity contribution >= 4 is 0 Å². The second-order valence-corrected chi connectivity index (χ2v) is 10.6. The van der Waals surface area contributed by atoms with E-state index in [1.807, 2.05) is 0 Å². The molecule has 0 aromatic heterocycles. The van der Waals surface area contributed by atoms with Crippen molar-refractivity contribution in [2.75, 3.05) is 0 Å². The predicted octanol–water partition coefficient (Wildman–Crippen LogP) is 9.91. The van der Waals surface area contributed by atoms with Crippen LogP contribution in [-0.2, 0) is 5.92 Å². The lowest BCUT2D eigenvalue weighted by Gasteiger charge is -2.38. The Hall–Kier alpha value is -1.06. The first-order valence-corrected chi connectivity index (χ1v) is 13.2. The topological polar surface area (TPSA) is 0 Å². The van der Waals surface area contributed by atoms with Crippen molar-refractivity contribution in [1.29, 1.82) is 0 Å². The van der Waals surface area contributed by atoms with E-state index in [2.05, 4.69) is 6.92 Å². The van der Waals surface area contributed by atoms with Crippen LogP contribution in [0, 0.1) is 29.4 Å². The smallest absolute Gasteiger partial charge is 0.206 e. The SMILES string of the molecule is CCCCC[C@H]1CC[C@H](C2CCC(c3cc(F)c(C(F)(F)CCCC)c(F)c3)CC2)CC1. The standard InChI is InChI=1S/C28H42F4/c1-3-5-7-8-20-9-11-21(12-10-20)22-13-15-23(16-14-22)24-18-25(29)27(26(30)19-24)28(31,32)17-6-4-2/h18-23H,3-17H2,1-2H3/t20-,21-,22?,23?. The normalized spacial score (nSPS) is 26.9. The molecule has 0 spiro atoms. The lowest BCUT2D eigenvalue weighted by Crippen LogP contribution is -2.25. The summed E-state index contributed by atoms with van der Waals surface area (Å²) in [6, 6.07) is 2.37. The van der Waals surface area contributed by atoms with Gasteiger partial charge in [0.25, 0.3) is 5.92 Å². The van der Waals surface area contributed by atoms with E-state index in [0.29, 0.717) is 12.0 Å². The van der Waals surface area contributed by atoms with E-state index in [9.17, 15) is 17.6 Å². The minimum absolute atomic E-state index is 0.0824. The molecular formula is C28H42F4. The third-order valence-electron chi connectivity index (χ3n) is 8.29. The van der Waals surface area contributed by atoms with Crippen LogP contribution in [0.4, 0.5) is 17.6 Å². The summed E-state index contributed by atoms with van der Waals surface area (Å²) in [4.78, 5) is 0. The molecule has 0 N–H and O–H groups in total. The van der Waals surface area contributed by atoms with Crippen molar-refractivity contribution in [2.24, 2.45) is 17.8 Å². The molecule has 0 unspecified atom stereocenters. The van der Waals surface area contributed by atoms with Crippen LogP contribution in [0.1, 0.15) is 127 Å². The van der Waals surface area contributed by atoms with Gasteiger partial charge in [0.05, 0.1) is 5.56 Å². The zero-order chi connectivity index (χ0) is 23.1. The van der Waals surface area contributed by atoms with Crippen LogP contribution in [0.25, 0.3) is 0 Å². The summed E-state index contributed by atoms with van der Waals surface area (Å²) in [6.45, 7) is 4.05. The maximum absolute atomic E-state index is 14.6. The molecule has 2 aliphatic carbocycles. The molecule has 2 fully saturated rings. The molecule has 0 bridgehead atoms. The van der Waals surface area contributed by atoms with Gasteiger partial charge in [-0.15, -0.1) is 0 Å². The molecular weight excluding hydrogens is 412 g/mol. The highest BCUT2D eigenvalue weighted by Gasteiger charge is 2.38. The first-order valence-electron chi connectivity index (χ1n) is 13.2. The van der Waals surface area contributed by atoms with Gasteiger partial charge in [0.2, 0.25) is 0 Å². The van der Waals surface area contributed by atoms with Crippen LogP contribution in [0.3, 0.4) is 0 Å². The molecule has 0 heterocycles. The summed E-state index contributed by atoms with van der Waals surface area (Å²) in [5, 5.41) is 0. The molecule has 0 radical (unpaired) electrons. The van der Waals surface area contributed by atoms with Gasteiger partial charge in [-0.2, -0.15) is 0 Å². The first kappa shape index (κ1) is 25.6. The van der Waals surface area contributed by atoms with Crippen molar-refractivity contribution in [3.8, 4) is 0 Å². The van der Waals surface area contributed by atoms with Crippen LogP contribution in [0.15, 0.2) is 12.1 Å². The van der Waals surface area contributed by atoms with Crippen molar-refractivity contribution in [1.82, 2.24) is 0 Å². The third-order valence-corrected chi connectivity index (χ3v) is 8.29. The monoisotopic (exact) mass is 454 g/mol. The molecule has 1 aromatic rings. The quantitative estimate of drug-likeness (QED) is 0.244. The highest BCUT2D eigenvalue weighted by molar-refractivity contribution is 5.32. The Morgan fingerprint density at radius 2 is 1.28 bits per heavy atom. The number of hydrogen-bond acceptors (Lipinski definition) is 0. The van der Waals surface area contributed by atoms with E-state index in [1.165, 1.54) is 63.5 Å². The fraction of sp³-hybridized carbons (Fsp3) is 0.786. The van der Waals surface area contributed by atoms with Crippen LogP contribution in [0.2, 0.25) is 0 Å². The van der Waals surface area contributed by atoms with E-state index in [-0.39, 0.29) is 12.3 Å². The summed E-state index contributed by atoms with van der Waals surface area (Å²) in [6.07, 6.45) is 15.1. The highest BCUT2D eigenvalue weighted by Crippen LogP contribution is 2.45. The van der Waals surface area contributed by atoms with Crippen LogP contribution in [0.5, 0.6) is 0 Å². The first-order chi connectivity index (χ1) is 15.4. The fourth-order valence-corrected chi connectivity index (χ4v) is 6.26. The maximum atomic E-state index is 14.6. The molecule has 4 heteroatoms. The number of unbranched alkanes of at least 4 members (excludes halogenated alkanes) is 3. The van der Waals surface area contributed by atoms with E-state index < -0.39 is 29.5 Å². The number of alkyl halides is 2. The van der Waals surface area contributed by atoms with Gasteiger partial charge in [0.15, 0.2) is 0 Å². The van der Waals surface area contributed by atoms with Gasteiger partial charge < -0.3 is 0 Å². The van der Waals surface area contributed by atoms with E-state index >= 15 is 0 Å². The molecule has 0 nitrogen and oxygen atoms in total. The zero-order valence-electron chi connectivity index (χ0n) is 20.1. The molecule has 2 aliphatic rings. The predicted molar refractivity (Wildman–Crippen MR) is 124 cm³/mol. The molecule has 1 aromatic carbocycles. The van der Waals surface area contributed by atoms with Gasteiger partial charge in [0.1, 0.15) is 11.6 Å². The zero-order valence-corrected chi connectivity index (χ0v) is 20.1. The maximum Gasteiger partial charge on any atom is 0.278 e. The highest BCUT2D eigenvalue weighted by atomic mass is 19.3. The van der Waals surface area contributed by atoms with Crippen LogP contribution >= 0.6 is 0 Å². The Morgan fingerprint density at radius 3 is 1.81 bits per heavy atom. The van der Waals surface area contributed by atoms with E-state index in [1.54, 1.807) is 6.92 Å². The average molecular weight is 455 g/mol. The Morgan fingerprint density at radius 1 is 0.750 bits per heavy atom. The molecule has 0 saturated heterocycles. The number of hydrogen-bond donors (Lipinski definition) is 0. The van der Waals surface area contributed by atoms with Crippen LogP contribution in [-0.4, -0.2) is 0 Å². The summed E-state index contributed by atoms with van der Waals surface area (Å²) >= 11 is 0. The van der Waals surface area contributed by atoms with E-state index in [0.717, 1.165) is 43.4 Å². The Kier molecular flexibility index (Phi) is 9.49. The number of benzene rings is 1. The second kappa shape index (κ2) is 11.9. The largest absolute Gasteiger partial charge is 0.278 e. The molecule has 0 atom stereocenters. The van der Waals surface area contributed by atoms with Gasteiger partial charge in [-0.25, -0.2) is 17.6 Å². The molecule has 32 heavy (non-hydrogen) atoms. The minimum Gasteiger partial charge on any atom is -0.206 e. The molecule has 3 rings (SSSR count). The summed E-state index contributed by atoms with van der Waals surface area (Å²) in [5.41, 5.74) is -0.479. The van der Waals surface area contributed by atoms with Gasteiger partial charge >= 0.3 is 0 Å². The van der Waals surface area contributed by atoms with E-state index in [4.69, 9.17) is 0 Å². The molecule has 0 amide bonds. The lowest BCUT2D eigenvalue weighted by atomic mass is 9.68. The number of halogens is 4. The summed E-state index contributed by atoms with van der Waals surface area (Å²) < 4.78 is 57.8. The van der Waals surface area contributed by atoms with Gasteiger partial charge in [-0.3, -0.25) is 0 Å². The van der Waals surface area contributed by atoms with Crippen molar-refractivity contribution in [2.45, 2.75) is 122 Å². The van der Waals surface area contributed by atoms with Crippen molar-refractivity contribution in [3.63, 3.8) is 0 Å². The van der Waals surface area contributed by atoms with Crippen molar-refractivity contribution in [3.05, 3.63) is 34.9 Å². The second-order valence-electron chi connectivity index (χ2n) is 10.6. The minimum atomic E-state index is -3.45. The van der Waals surface area contributed by atoms with Gasteiger partial charge in [-0.1, -0.05) is 58.8 Å². The lowest BCUT2D eigenvalue weighted by molar-refractivity contribution is -0.0222. The average Bonchev–Trinajstić information content (AvgIpc) is 2.78. The molecule has 2 saturated carbocycles. The Labute approximate surface area is 192 Å². The third kappa shape index (κ3) is 6.50. The summed E-state index contributed by atoms with van der Waals surface area (Å²) in [5.74, 6) is -3.10. The fourth-order valence-electron chi connectivity index (χ4n) is 6.26. The molecule has 182 valence electrons. The van der Waals surface area contributed by atoms with Crippen LogP contribution < -0.4 is 0 Å². The number of rotatable bonds is 10. The van der Waals surface area contributed by atoms with Gasteiger partial charge in [-0.05, 0) is 86.3 Å². The Balaban J connectivity index is 1.53. The Bertz CT molecular complexity index is 674. The summed E-state index contributed by atoms with van der Waals surface area (Å²) in [7, 11) is 0.